The first kappa shape index (κ1) is 14.2. The SMILES string of the molecule is CCC(C)CC(=O)NCC(Br)c1ccccc1. The van der Waals surface area contributed by atoms with E-state index in [4.69, 9.17) is 0 Å². The summed E-state index contributed by atoms with van der Waals surface area (Å²) in [4.78, 5) is 11.8. The predicted octanol–water partition coefficient (Wildman–Crippen LogP) is 3.68. The molecule has 0 saturated heterocycles. The lowest BCUT2D eigenvalue weighted by Gasteiger charge is -2.13. The molecule has 0 aliphatic rings. The van der Waals surface area contributed by atoms with Crippen LogP contribution in [0.3, 0.4) is 0 Å². The lowest BCUT2D eigenvalue weighted by molar-refractivity contribution is -0.121. The summed E-state index contributed by atoms with van der Waals surface area (Å²) in [6.45, 7) is 4.84. The van der Waals surface area contributed by atoms with Crippen LogP contribution in [0, 0.1) is 5.92 Å². The zero-order valence-corrected chi connectivity index (χ0v) is 12.0. The highest BCUT2D eigenvalue weighted by Crippen LogP contribution is 2.21. The number of halogens is 1. The van der Waals surface area contributed by atoms with Crippen LogP contribution in [0.1, 0.15) is 37.1 Å². The Hall–Kier alpha value is -0.830. The van der Waals surface area contributed by atoms with Crippen molar-refractivity contribution in [2.75, 3.05) is 6.54 Å². The Kier molecular flexibility index (Phi) is 6.27. The molecule has 0 radical (unpaired) electrons. The van der Waals surface area contributed by atoms with Gasteiger partial charge in [-0.3, -0.25) is 4.79 Å². The molecule has 3 heteroatoms. The number of benzene rings is 1. The molecule has 0 aromatic heterocycles. The summed E-state index contributed by atoms with van der Waals surface area (Å²) in [6, 6.07) is 10.1. The van der Waals surface area contributed by atoms with Gasteiger partial charge < -0.3 is 5.32 Å². The van der Waals surface area contributed by atoms with Crippen LogP contribution in [0.2, 0.25) is 0 Å². The summed E-state index contributed by atoms with van der Waals surface area (Å²) in [5.74, 6) is 0.597. The average Bonchev–Trinajstić information content (AvgIpc) is 2.36. The zero-order chi connectivity index (χ0) is 12.7. The molecule has 0 aliphatic heterocycles. The van der Waals surface area contributed by atoms with Crippen LogP contribution in [0.5, 0.6) is 0 Å². The van der Waals surface area contributed by atoms with Crippen molar-refractivity contribution in [3.05, 3.63) is 35.9 Å². The van der Waals surface area contributed by atoms with Crippen LogP contribution in [0.15, 0.2) is 30.3 Å². The number of nitrogens with one attached hydrogen (secondary N) is 1. The maximum absolute atomic E-state index is 11.6. The Labute approximate surface area is 112 Å². The molecule has 0 fully saturated rings. The van der Waals surface area contributed by atoms with Gasteiger partial charge >= 0.3 is 0 Å². The van der Waals surface area contributed by atoms with Gasteiger partial charge in [-0.1, -0.05) is 66.5 Å². The van der Waals surface area contributed by atoms with Crippen molar-refractivity contribution in [2.24, 2.45) is 5.92 Å². The standard InChI is InChI=1S/C14H20BrNO/c1-3-11(2)9-14(17)16-10-13(15)12-7-5-4-6-8-12/h4-8,11,13H,3,9-10H2,1-2H3,(H,16,17). The van der Waals surface area contributed by atoms with Crippen molar-refractivity contribution in [3.63, 3.8) is 0 Å². The smallest absolute Gasteiger partial charge is 0.220 e. The lowest BCUT2D eigenvalue weighted by Crippen LogP contribution is -2.27. The van der Waals surface area contributed by atoms with Gasteiger partial charge in [-0.2, -0.15) is 0 Å². The molecule has 2 nitrogen and oxygen atoms in total. The van der Waals surface area contributed by atoms with Crippen LogP contribution in [0.4, 0.5) is 0 Å². The van der Waals surface area contributed by atoms with E-state index in [1.165, 1.54) is 5.56 Å². The van der Waals surface area contributed by atoms with E-state index in [2.05, 4.69) is 47.2 Å². The predicted molar refractivity (Wildman–Crippen MR) is 75.2 cm³/mol. The largest absolute Gasteiger partial charge is 0.355 e. The van der Waals surface area contributed by atoms with Crippen LogP contribution in [-0.2, 0) is 4.79 Å². The molecule has 1 aromatic rings. The van der Waals surface area contributed by atoms with Gasteiger partial charge in [0.2, 0.25) is 5.91 Å². The first-order chi connectivity index (χ1) is 8.13. The second-order valence-corrected chi connectivity index (χ2v) is 5.51. The Morgan fingerprint density at radius 3 is 2.59 bits per heavy atom. The van der Waals surface area contributed by atoms with Gasteiger partial charge in [0.1, 0.15) is 0 Å². The number of carbonyl (C=O) groups is 1. The van der Waals surface area contributed by atoms with Crippen molar-refractivity contribution in [1.29, 1.82) is 0 Å². The van der Waals surface area contributed by atoms with Gasteiger partial charge in [0.15, 0.2) is 0 Å². The van der Waals surface area contributed by atoms with Gasteiger partial charge in [0.25, 0.3) is 0 Å². The number of hydrogen-bond acceptors (Lipinski definition) is 1. The lowest BCUT2D eigenvalue weighted by atomic mass is 10.1. The van der Waals surface area contributed by atoms with E-state index in [9.17, 15) is 4.79 Å². The van der Waals surface area contributed by atoms with E-state index in [0.717, 1.165) is 6.42 Å². The first-order valence-electron chi connectivity index (χ1n) is 6.09. The molecule has 0 bridgehead atoms. The normalized spacial score (nSPS) is 14.1. The van der Waals surface area contributed by atoms with Gasteiger partial charge in [0.05, 0.1) is 4.83 Å². The quantitative estimate of drug-likeness (QED) is 0.798. The number of rotatable bonds is 6. The fraction of sp³-hybridized carbons (Fsp3) is 0.500. The molecule has 0 spiro atoms. The summed E-state index contributed by atoms with van der Waals surface area (Å²) >= 11 is 3.58. The number of hydrogen-bond donors (Lipinski definition) is 1. The Morgan fingerprint density at radius 2 is 2.00 bits per heavy atom. The highest BCUT2D eigenvalue weighted by atomic mass is 79.9. The highest BCUT2D eigenvalue weighted by molar-refractivity contribution is 9.09. The molecule has 0 saturated carbocycles. The first-order valence-corrected chi connectivity index (χ1v) is 7.00. The van der Waals surface area contributed by atoms with E-state index in [1.54, 1.807) is 0 Å². The topological polar surface area (TPSA) is 29.1 Å². The van der Waals surface area contributed by atoms with Crippen molar-refractivity contribution >= 4 is 21.8 Å². The van der Waals surface area contributed by atoms with E-state index in [1.807, 2.05) is 18.2 Å². The fourth-order valence-electron chi connectivity index (χ4n) is 1.52. The van der Waals surface area contributed by atoms with E-state index in [0.29, 0.717) is 18.9 Å². The third-order valence-corrected chi connectivity index (χ3v) is 3.72. The second-order valence-electron chi connectivity index (χ2n) is 4.40. The molecule has 17 heavy (non-hydrogen) atoms. The number of amides is 1. The van der Waals surface area contributed by atoms with Crippen molar-refractivity contribution in [1.82, 2.24) is 5.32 Å². The Morgan fingerprint density at radius 1 is 1.35 bits per heavy atom. The van der Waals surface area contributed by atoms with Gasteiger partial charge in [-0.25, -0.2) is 0 Å². The van der Waals surface area contributed by atoms with Crippen LogP contribution in [-0.4, -0.2) is 12.5 Å². The summed E-state index contributed by atoms with van der Waals surface area (Å²) in [7, 11) is 0. The molecule has 0 heterocycles. The molecule has 1 rings (SSSR count). The Balaban J connectivity index is 2.33. The average molecular weight is 298 g/mol. The van der Waals surface area contributed by atoms with Crippen LogP contribution < -0.4 is 5.32 Å². The van der Waals surface area contributed by atoms with Crippen LogP contribution >= 0.6 is 15.9 Å². The summed E-state index contributed by atoms with van der Waals surface area (Å²) < 4.78 is 0. The van der Waals surface area contributed by atoms with Gasteiger partial charge in [0, 0.05) is 13.0 Å². The van der Waals surface area contributed by atoms with Crippen LogP contribution in [0.25, 0.3) is 0 Å². The minimum Gasteiger partial charge on any atom is -0.355 e. The minimum atomic E-state index is 0.139. The number of alkyl halides is 1. The van der Waals surface area contributed by atoms with E-state index < -0.39 is 0 Å². The van der Waals surface area contributed by atoms with Gasteiger partial charge in [-0.05, 0) is 11.5 Å². The third kappa shape index (κ3) is 5.35. The zero-order valence-electron chi connectivity index (χ0n) is 10.4. The summed E-state index contributed by atoms with van der Waals surface area (Å²) in [5, 5.41) is 2.96. The molecule has 1 amide bonds. The maximum atomic E-state index is 11.6. The van der Waals surface area contributed by atoms with E-state index in [-0.39, 0.29) is 10.7 Å². The molecule has 94 valence electrons. The Bertz CT molecular complexity index is 339. The molecule has 2 unspecified atom stereocenters. The van der Waals surface area contributed by atoms with Gasteiger partial charge in [-0.15, -0.1) is 0 Å². The molecular formula is C14H20BrNO. The van der Waals surface area contributed by atoms with Crippen molar-refractivity contribution < 1.29 is 4.79 Å². The third-order valence-electron chi connectivity index (χ3n) is 2.87. The fourth-order valence-corrected chi connectivity index (χ4v) is 1.98. The molecule has 1 aromatic carbocycles. The molecule has 0 aliphatic carbocycles. The number of carbonyl (C=O) groups excluding carboxylic acids is 1. The molecule has 1 N–H and O–H groups in total. The van der Waals surface area contributed by atoms with E-state index >= 15 is 0 Å². The van der Waals surface area contributed by atoms with Crippen molar-refractivity contribution in [3.8, 4) is 0 Å². The monoisotopic (exact) mass is 297 g/mol. The minimum absolute atomic E-state index is 0.139. The summed E-state index contributed by atoms with van der Waals surface area (Å²) in [6.07, 6.45) is 1.66. The molecular weight excluding hydrogens is 278 g/mol. The summed E-state index contributed by atoms with van der Waals surface area (Å²) in [5.41, 5.74) is 1.19. The highest BCUT2D eigenvalue weighted by Gasteiger charge is 2.10. The van der Waals surface area contributed by atoms with Crippen molar-refractivity contribution in [2.45, 2.75) is 31.5 Å². The molecule has 2 atom stereocenters. The maximum Gasteiger partial charge on any atom is 0.220 e. The second kappa shape index (κ2) is 7.49.